The molecule has 10 heteroatoms. The number of piperidine rings is 1. The van der Waals surface area contributed by atoms with E-state index in [1.807, 2.05) is 0 Å². The van der Waals surface area contributed by atoms with E-state index in [4.69, 9.17) is 15.2 Å². The normalized spacial score (nSPS) is 16.7. The van der Waals surface area contributed by atoms with Crippen molar-refractivity contribution in [1.82, 2.24) is 4.31 Å². The van der Waals surface area contributed by atoms with Crippen LogP contribution in [0.4, 0.5) is 5.69 Å². The maximum Gasteiger partial charge on any atom is 0.310 e. The minimum absolute atomic E-state index is 0.0162. The summed E-state index contributed by atoms with van der Waals surface area (Å²) in [6, 6.07) is 3.57. The van der Waals surface area contributed by atoms with Gasteiger partial charge in [-0.05, 0) is 31.9 Å². The molecule has 1 aliphatic rings. The third kappa shape index (κ3) is 4.66. The zero-order chi connectivity index (χ0) is 18.4. The monoisotopic (exact) mass is 373 g/mol. The molecule has 140 valence electrons. The number of methoxy groups -OCH3 is 1. The molecule has 1 aromatic carbocycles. The highest BCUT2D eigenvalue weighted by atomic mass is 32.2. The Morgan fingerprint density at radius 3 is 2.60 bits per heavy atom. The van der Waals surface area contributed by atoms with Gasteiger partial charge in [0.2, 0.25) is 10.0 Å². The van der Waals surface area contributed by atoms with Crippen molar-refractivity contribution in [2.75, 3.05) is 33.4 Å². The molecule has 0 radical (unpaired) electrons. The maximum atomic E-state index is 12.7. The third-order valence-electron chi connectivity index (χ3n) is 4.09. The lowest BCUT2D eigenvalue weighted by atomic mass is 10.1. The molecule has 0 bridgehead atoms. The van der Waals surface area contributed by atoms with Crippen LogP contribution in [0.3, 0.4) is 0 Å². The standard InChI is InChI=1S/C15H23N3O6S/c1-23-15-11-13(3-4-14(15)18(19)20)25(21,22)17-8-5-12(6-9-17)24-10-2-7-16/h3-4,11-12H,2,5-10,16H2,1H3. The lowest BCUT2D eigenvalue weighted by Gasteiger charge is -2.31. The van der Waals surface area contributed by atoms with E-state index in [1.165, 1.54) is 23.5 Å². The van der Waals surface area contributed by atoms with Gasteiger partial charge in [0.15, 0.2) is 5.75 Å². The predicted octanol–water partition coefficient (Wildman–Crippen LogP) is 1.12. The Balaban J connectivity index is 2.08. The van der Waals surface area contributed by atoms with Crippen molar-refractivity contribution in [3.8, 4) is 5.75 Å². The highest BCUT2D eigenvalue weighted by Crippen LogP contribution is 2.31. The molecule has 1 saturated heterocycles. The van der Waals surface area contributed by atoms with Crippen molar-refractivity contribution in [3.05, 3.63) is 28.3 Å². The first kappa shape index (κ1) is 19.6. The summed E-state index contributed by atoms with van der Waals surface area (Å²) in [6.45, 7) is 1.83. The number of nitro benzene ring substituents is 1. The quantitative estimate of drug-likeness (QED) is 0.411. The van der Waals surface area contributed by atoms with E-state index >= 15 is 0 Å². The van der Waals surface area contributed by atoms with Gasteiger partial charge in [0.05, 0.1) is 23.0 Å². The molecule has 0 amide bonds. The fourth-order valence-electron chi connectivity index (χ4n) is 2.69. The number of nitrogens with two attached hydrogens (primary N) is 1. The van der Waals surface area contributed by atoms with Gasteiger partial charge in [0.25, 0.3) is 0 Å². The first-order valence-electron chi connectivity index (χ1n) is 8.04. The van der Waals surface area contributed by atoms with Gasteiger partial charge < -0.3 is 15.2 Å². The van der Waals surface area contributed by atoms with Gasteiger partial charge in [-0.2, -0.15) is 4.31 Å². The highest BCUT2D eigenvalue weighted by Gasteiger charge is 2.31. The SMILES string of the molecule is COc1cc(S(=O)(=O)N2CCC(OCCCN)CC2)ccc1[N+](=O)[O-]. The number of benzene rings is 1. The lowest BCUT2D eigenvalue weighted by Crippen LogP contribution is -2.41. The number of rotatable bonds is 8. The lowest BCUT2D eigenvalue weighted by molar-refractivity contribution is -0.385. The van der Waals surface area contributed by atoms with Gasteiger partial charge in [-0.15, -0.1) is 0 Å². The van der Waals surface area contributed by atoms with E-state index in [1.54, 1.807) is 0 Å². The second-order valence-electron chi connectivity index (χ2n) is 5.71. The van der Waals surface area contributed by atoms with Crippen LogP contribution in [-0.4, -0.2) is 57.1 Å². The van der Waals surface area contributed by atoms with Crippen LogP contribution in [0.2, 0.25) is 0 Å². The van der Waals surface area contributed by atoms with E-state index in [9.17, 15) is 18.5 Å². The number of nitrogens with zero attached hydrogens (tertiary/aromatic N) is 2. The molecule has 0 spiro atoms. The molecule has 1 heterocycles. The van der Waals surface area contributed by atoms with E-state index < -0.39 is 14.9 Å². The Morgan fingerprint density at radius 2 is 2.04 bits per heavy atom. The summed E-state index contributed by atoms with van der Waals surface area (Å²) in [5.41, 5.74) is 5.15. The van der Waals surface area contributed by atoms with Gasteiger partial charge in [-0.1, -0.05) is 0 Å². The zero-order valence-electron chi connectivity index (χ0n) is 14.1. The van der Waals surface area contributed by atoms with Crippen molar-refractivity contribution in [1.29, 1.82) is 0 Å². The first-order valence-corrected chi connectivity index (χ1v) is 9.48. The molecular weight excluding hydrogens is 350 g/mol. The van der Waals surface area contributed by atoms with Crippen LogP contribution in [0.1, 0.15) is 19.3 Å². The van der Waals surface area contributed by atoms with E-state index in [2.05, 4.69) is 0 Å². The number of hydrogen-bond donors (Lipinski definition) is 1. The van der Waals surface area contributed by atoms with Gasteiger partial charge >= 0.3 is 5.69 Å². The molecule has 2 N–H and O–H groups in total. The van der Waals surface area contributed by atoms with Crippen molar-refractivity contribution in [2.24, 2.45) is 5.73 Å². The molecule has 1 aromatic rings. The largest absolute Gasteiger partial charge is 0.490 e. The summed E-state index contributed by atoms with van der Waals surface area (Å²) in [5.74, 6) is -0.0777. The van der Waals surface area contributed by atoms with Gasteiger partial charge in [-0.25, -0.2) is 8.42 Å². The number of ether oxygens (including phenoxy) is 2. The average Bonchev–Trinajstić information content (AvgIpc) is 2.61. The van der Waals surface area contributed by atoms with Crippen LogP contribution >= 0.6 is 0 Å². The van der Waals surface area contributed by atoms with Crippen LogP contribution in [0.15, 0.2) is 23.1 Å². The van der Waals surface area contributed by atoms with Crippen LogP contribution < -0.4 is 10.5 Å². The zero-order valence-corrected chi connectivity index (χ0v) is 14.9. The number of nitro groups is 1. The van der Waals surface area contributed by atoms with Gasteiger partial charge in [-0.3, -0.25) is 10.1 Å². The second-order valence-corrected chi connectivity index (χ2v) is 7.65. The molecule has 1 fully saturated rings. The fourth-order valence-corrected chi connectivity index (χ4v) is 4.18. The van der Waals surface area contributed by atoms with Crippen LogP contribution in [-0.2, 0) is 14.8 Å². The molecule has 0 aliphatic carbocycles. The molecule has 0 aromatic heterocycles. The molecular formula is C15H23N3O6S. The molecule has 2 rings (SSSR count). The highest BCUT2D eigenvalue weighted by molar-refractivity contribution is 7.89. The Labute approximate surface area is 146 Å². The summed E-state index contributed by atoms with van der Waals surface area (Å²) < 4.78 is 37.5. The van der Waals surface area contributed by atoms with Crippen molar-refractivity contribution >= 4 is 15.7 Å². The fraction of sp³-hybridized carbons (Fsp3) is 0.600. The Hall–Kier alpha value is -1.75. The second kappa shape index (κ2) is 8.56. The smallest absolute Gasteiger partial charge is 0.310 e. The van der Waals surface area contributed by atoms with Gasteiger partial charge in [0.1, 0.15) is 0 Å². The van der Waals surface area contributed by atoms with Gasteiger partial charge in [0, 0.05) is 31.8 Å². The molecule has 25 heavy (non-hydrogen) atoms. The van der Waals surface area contributed by atoms with Crippen LogP contribution in [0, 0.1) is 10.1 Å². The molecule has 0 unspecified atom stereocenters. The summed E-state index contributed by atoms with van der Waals surface area (Å²) in [6.07, 6.45) is 2.02. The topological polar surface area (TPSA) is 125 Å². The van der Waals surface area contributed by atoms with Crippen molar-refractivity contribution in [2.45, 2.75) is 30.3 Å². The summed E-state index contributed by atoms with van der Waals surface area (Å²) in [5, 5.41) is 10.9. The Morgan fingerprint density at radius 1 is 1.36 bits per heavy atom. The molecule has 0 atom stereocenters. The summed E-state index contributed by atoms with van der Waals surface area (Å²) >= 11 is 0. The predicted molar refractivity (Wildman–Crippen MR) is 91.1 cm³/mol. The number of sulfonamides is 1. The Bertz CT molecular complexity index is 701. The minimum Gasteiger partial charge on any atom is -0.490 e. The van der Waals surface area contributed by atoms with E-state index in [-0.39, 0.29) is 22.4 Å². The van der Waals surface area contributed by atoms with Crippen LogP contribution in [0.5, 0.6) is 5.75 Å². The summed E-state index contributed by atoms with van der Waals surface area (Å²) in [7, 11) is -2.46. The third-order valence-corrected chi connectivity index (χ3v) is 5.98. The Kier molecular flexibility index (Phi) is 6.71. The number of hydrogen-bond acceptors (Lipinski definition) is 7. The van der Waals surface area contributed by atoms with Crippen LogP contribution in [0.25, 0.3) is 0 Å². The molecule has 1 aliphatic heterocycles. The van der Waals surface area contributed by atoms with Crippen molar-refractivity contribution in [3.63, 3.8) is 0 Å². The molecule has 9 nitrogen and oxygen atoms in total. The minimum atomic E-state index is -3.73. The summed E-state index contributed by atoms with van der Waals surface area (Å²) in [4.78, 5) is 10.3. The molecule has 0 saturated carbocycles. The van der Waals surface area contributed by atoms with E-state index in [0.717, 1.165) is 12.5 Å². The first-order chi connectivity index (χ1) is 11.9. The average molecular weight is 373 g/mol. The van der Waals surface area contributed by atoms with E-state index in [0.29, 0.717) is 39.1 Å². The maximum absolute atomic E-state index is 12.7. The van der Waals surface area contributed by atoms with Crippen molar-refractivity contribution < 1.29 is 22.8 Å².